The Morgan fingerprint density at radius 1 is 1.35 bits per heavy atom. The highest BCUT2D eigenvalue weighted by molar-refractivity contribution is 7.99. The number of rotatable bonds is 7. The van der Waals surface area contributed by atoms with Crippen molar-refractivity contribution >= 4 is 17.7 Å². The van der Waals surface area contributed by atoms with Gasteiger partial charge in [0, 0.05) is 25.3 Å². The van der Waals surface area contributed by atoms with Gasteiger partial charge in [-0.2, -0.15) is 0 Å². The van der Waals surface area contributed by atoms with Crippen LogP contribution in [-0.2, 0) is 11.3 Å². The molecule has 1 aromatic heterocycles. The van der Waals surface area contributed by atoms with Crippen LogP contribution in [0.5, 0.6) is 5.75 Å². The first-order chi connectivity index (χ1) is 12.7. The van der Waals surface area contributed by atoms with E-state index in [2.05, 4.69) is 27.3 Å². The number of carbonyl (C=O) groups excluding carboxylic acids is 1. The van der Waals surface area contributed by atoms with E-state index in [1.54, 1.807) is 13.3 Å². The van der Waals surface area contributed by atoms with Crippen LogP contribution < -0.4 is 10.1 Å². The van der Waals surface area contributed by atoms with E-state index in [0.717, 1.165) is 43.3 Å². The SMILES string of the molecule is COc1cccc(CN2CCC[C@@H](NC(=O)CSc3ccccn3)C2)c1. The molecule has 6 heteroatoms. The van der Waals surface area contributed by atoms with E-state index < -0.39 is 0 Å². The molecule has 138 valence electrons. The number of ether oxygens (including phenoxy) is 1. The van der Waals surface area contributed by atoms with E-state index in [1.165, 1.54) is 17.3 Å². The lowest BCUT2D eigenvalue weighted by Crippen LogP contribution is -2.47. The second kappa shape index (κ2) is 9.59. The fourth-order valence-corrected chi connectivity index (χ4v) is 3.86. The Bertz CT molecular complexity index is 711. The van der Waals surface area contributed by atoms with Crippen LogP contribution in [0.15, 0.2) is 53.7 Å². The first-order valence-electron chi connectivity index (χ1n) is 8.91. The number of amides is 1. The predicted molar refractivity (Wildman–Crippen MR) is 104 cm³/mol. The van der Waals surface area contributed by atoms with E-state index in [0.29, 0.717) is 5.75 Å². The van der Waals surface area contributed by atoms with Gasteiger partial charge in [0.05, 0.1) is 17.9 Å². The van der Waals surface area contributed by atoms with Gasteiger partial charge in [-0.15, -0.1) is 0 Å². The Kier molecular flexibility index (Phi) is 6.91. The second-order valence-corrected chi connectivity index (χ2v) is 7.45. The number of piperidine rings is 1. The van der Waals surface area contributed by atoms with E-state index >= 15 is 0 Å². The van der Waals surface area contributed by atoms with E-state index in [4.69, 9.17) is 4.74 Å². The van der Waals surface area contributed by atoms with Crippen LogP contribution in [0.25, 0.3) is 0 Å². The molecule has 0 radical (unpaired) electrons. The summed E-state index contributed by atoms with van der Waals surface area (Å²) < 4.78 is 5.30. The summed E-state index contributed by atoms with van der Waals surface area (Å²) in [7, 11) is 1.69. The monoisotopic (exact) mass is 371 g/mol. The molecular weight excluding hydrogens is 346 g/mol. The van der Waals surface area contributed by atoms with Crippen LogP contribution in [0.1, 0.15) is 18.4 Å². The van der Waals surface area contributed by atoms with Crippen molar-refractivity contribution in [2.75, 3.05) is 26.0 Å². The Morgan fingerprint density at radius 3 is 3.08 bits per heavy atom. The summed E-state index contributed by atoms with van der Waals surface area (Å²) in [5.41, 5.74) is 1.24. The molecule has 2 aromatic rings. The lowest BCUT2D eigenvalue weighted by Gasteiger charge is -2.33. The highest BCUT2D eigenvalue weighted by Gasteiger charge is 2.21. The molecule has 1 saturated heterocycles. The summed E-state index contributed by atoms with van der Waals surface area (Å²) in [6, 6.07) is 14.1. The van der Waals surface area contributed by atoms with Crippen molar-refractivity contribution in [3.8, 4) is 5.75 Å². The first kappa shape index (κ1) is 18.7. The number of thioether (sulfide) groups is 1. The summed E-state index contributed by atoms with van der Waals surface area (Å²) in [6.07, 6.45) is 3.88. The number of benzene rings is 1. The first-order valence-corrected chi connectivity index (χ1v) is 9.90. The van der Waals surface area contributed by atoms with Crippen molar-refractivity contribution in [3.05, 3.63) is 54.2 Å². The number of nitrogens with zero attached hydrogens (tertiary/aromatic N) is 2. The maximum absolute atomic E-state index is 12.2. The maximum Gasteiger partial charge on any atom is 0.230 e. The smallest absolute Gasteiger partial charge is 0.230 e. The van der Waals surface area contributed by atoms with Gasteiger partial charge in [-0.1, -0.05) is 30.0 Å². The van der Waals surface area contributed by atoms with Gasteiger partial charge in [0.1, 0.15) is 5.75 Å². The van der Waals surface area contributed by atoms with Gasteiger partial charge >= 0.3 is 0 Å². The molecule has 2 heterocycles. The van der Waals surface area contributed by atoms with Gasteiger partial charge in [0.15, 0.2) is 0 Å². The number of nitrogens with one attached hydrogen (secondary N) is 1. The standard InChI is InChI=1S/C20H25N3O2S/c1-25-18-8-4-6-16(12-18)13-23-11-5-7-17(14-23)22-19(24)15-26-20-9-2-3-10-21-20/h2-4,6,8-10,12,17H,5,7,11,13-15H2,1H3,(H,22,24)/t17-/m1/s1. The van der Waals surface area contributed by atoms with Crippen LogP contribution in [0.3, 0.4) is 0 Å². The molecule has 1 amide bonds. The van der Waals surface area contributed by atoms with Crippen LogP contribution in [0.2, 0.25) is 0 Å². The van der Waals surface area contributed by atoms with Crippen molar-refractivity contribution in [2.45, 2.75) is 30.5 Å². The average molecular weight is 372 g/mol. The lowest BCUT2D eigenvalue weighted by atomic mass is 10.0. The largest absolute Gasteiger partial charge is 0.497 e. The number of aromatic nitrogens is 1. The van der Waals surface area contributed by atoms with E-state index in [-0.39, 0.29) is 11.9 Å². The molecule has 0 spiro atoms. The average Bonchev–Trinajstić information content (AvgIpc) is 2.68. The summed E-state index contributed by atoms with van der Waals surface area (Å²) in [4.78, 5) is 18.9. The third-order valence-corrected chi connectivity index (χ3v) is 5.34. The quantitative estimate of drug-likeness (QED) is 0.759. The Labute approximate surface area is 159 Å². The fourth-order valence-electron chi connectivity index (χ4n) is 3.19. The molecule has 5 nitrogen and oxygen atoms in total. The van der Waals surface area contributed by atoms with E-state index in [9.17, 15) is 4.79 Å². The minimum Gasteiger partial charge on any atom is -0.497 e. The normalized spacial score (nSPS) is 17.7. The Balaban J connectivity index is 1.46. The topological polar surface area (TPSA) is 54.5 Å². The zero-order valence-electron chi connectivity index (χ0n) is 15.1. The number of carbonyl (C=O) groups is 1. The highest BCUT2D eigenvalue weighted by Crippen LogP contribution is 2.18. The summed E-state index contributed by atoms with van der Waals surface area (Å²) in [5, 5.41) is 4.05. The van der Waals surface area contributed by atoms with Crippen molar-refractivity contribution in [2.24, 2.45) is 0 Å². The molecular formula is C20H25N3O2S. The van der Waals surface area contributed by atoms with Crippen molar-refractivity contribution < 1.29 is 9.53 Å². The number of likely N-dealkylation sites (tertiary alicyclic amines) is 1. The van der Waals surface area contributed by atoms with Crippen LogP contribution in [-0.4, -0.2) is 47.8 Å². The lowest BCUT2D eigenvalue weighted by molar-refractivity contribution is -0.119. The molecule has 0 aliphatic carbocycles. The van der Waals surface area contributed by atoms with E-state index in [1.807, 2.05) is 30.3 Å². The molecule has 0 unspecified atom stereocenters. The van der Waals surface area contributed by atoms with Gasteiger partial charge in [-0.25, -0.2) is 4.98 Å². The third kappa shape index (κ3) is 5.75. The number of pyridine rings is 1. The second-order valence-electron chi connectivity index (χ2n) is 6.45. The molecule has 0 bridgehead atoms. The van der Waals surface area contributed by atoms with Gasteiger partial charge < -0.3 is 10.1 Å². The van der Waals surface area contributed by atoms with Crippen molar-refractivity contribution in [1.29, 1.82) is 0 Å². The summed E-state index contributed by atoms with van der Waals surface area (Å²) in [6.45, 7) is 2.83. The Hall–Kier alpha value is -2.05. The number of hydrogen-bond acceptors (Lipinski definition) is 5. The van der Waals surface area contributed by atoms with Crippen LogP contribution in [0, 0.1) is 0 Å². The molecule has 1 N–H and O–H groups in total. The minimum atomic E-state index is 0.0777. The molecule has 1 fully saturated rings. The maximum atomic E-state index is 12.2. The predicted octanol–water partition coefficient (Wildman–Crippen LogP) is 2.96. The molecule has 1 aromatic carbocycles. The van der Waals surface area contributed by atoms with Gasteiger partial charge in [-0.3, -0.25) is 9.69 Å². The molecule has 1 atom stereocenters. The van der Waals surface area contributed by atoms with Crippen molar-refractivity contribution in [3.63, 3.8) is 0 Å². The summed E-state index contributed by atoms with van der Waals surface area (Å²) in [5.74, 6) is 1.37. The van der Waals surface area contributed by atoms with Gasteiger partial charge in [0.2, 0.25) is 5.91 Å². The number of hydrogen-bond donors (Lipinski definition) is 1. The van der Waals surface area contributed by atoms with Crippen LogP contribution >= 0.6 is 11.8 Å². The Morgan fingerprint density at radius 2 is 2.27 bits per heavy atom. The van der Waals surface area contributed by atoms with Gasteiger partial charge in [-0.05, 0) is 49.2 Å². The van der Waals surface area contributed by atoms with Gasteiger partial charge in [0.25, 0.3) is 0 Å². The fraction of sp³-hybridized carbons (Fsp3) is 0.400. The molecule has 26 heavy (non-hydrogen) atoms. The molecule has 1 aliphatic rings. The zero-order valence-corrected chi connectivity index (χ0v) is 15.9. The highest BCUT2D eigenvalue weighted by atomic mass is 32.2. The molecule has 3 rings (SSSR count). The third-order valence-electron chi connectivity index (χ3n) is 4.40. The number of methoxy groups -OCH3 is 1. The minimum absolute atomic E-state index is 0.0777. The molecule has 0 saturated carbocycles. The van der Waals surface area contributed by atoms with Crippen molar-refractivity contribution in [1.82, 2.24) is 15.2 Å². The van der Waals surface area contributed by atoms with Crippen LogP contribution in [0.4, 0.5) is 0 Å². The summed E-state index contributed by atoms with van der Waals surface area (Å²) >= 11 is 1.47. The molecule has 1 aliphatic heterocycles. The zero-order chi connectivity index (χ0) is 18.2.